The van der Waals surface area contributed by atoms with E-state index in [0.717, 1.165) is 6.54 Å². The van der Waals surface area contributed by atoms with Gasteiger partial charge in [0.05, 0.1) is 0 Å². The van der Waals surface area contributed by atoms with E-state index in [4.69, 9.17) is 5.73 Å². The Morgan fingerprint density at radius 3 is 2.79 bits per heavy atom. The molecule has 0 unspecified atom stereocenters. The lowest BCUT2D eigenvalue weighted by Crippen LogP contribution is -2.40. The number of amides is 1. The van der Waals surface area contributed by atoms with Crippen LogP contribution in [-0.4, -0.2) is 16.5 Å². The van der Waals surface area contributed by atoms with Crippen molar-refractivity contribution >= 4 is 5.91 Å². The predicted octanol–water partition coefficient (Wildman–Crippen LogP) is 1.94. The maximum atomic E-state index is 11.3. The first kappa shape index (κ1) is 14.1. The van der Waals surface area contributed by atoms with E-state index < -0.39 is 0 Å². The molecule has 0 aliphatic heterocycles. The van der Waals surface area contributed by atoms with Gasteiger partial charge >= 0.3 is 0 Å². The third kappa shape index (κ3) is 4.10. The van der Waals surface area contributed by atoms with E-state index in [-0.39, 0.29) is 11.9 Å². The fourth-order valence-electron chi connectivity index (χ4n) is 3.07. The second kappa shape index (κ2) is 6.75. The van der Waals surface area contributed by atoms with Crippen LogP contribution in [0.1, 0.15) is 44.2 Å². The van der Waals surface area contributed by atoms with Crippen molar-refractivity contribution in [3.63, 3.8) is 0 Å². The summed E-state index contributed by atoms with van der Waals surface area (Å²) < 4.78 is 2.11. The molecular weight excluding hydrogens is 238 g/mol. The Kier molecular flexibility index (Phi) is 5.02. The number of rotatable bonds is 6. The van der Waals surface area contributed by atoms with Crippen molar-refractivity contribution in [1.29, 1.82) is 0 Å². The Hall–Kier alpha value is -1.29. The Bertz CT molecular complexity index is 407. The van der Waals surface area contributed by atoms with E-state index in [0.29, 0.717) is 12.3 Å². The van der Waals surface area contributed by atoms with Gasteiger partial charge in [-0.1, -0.05) is 19.3 Å². The van der Waals surface area contributed by atoms with Gasteiger partial charge in [-0.05, 0) is 30.9 Å². The van der Waals surface area contributed by atoms with Gasteiger partial charge < -0.3 is 15.6 Å². The number of hydrogen-bond donors (Lipinski definition) is 2. The first-order valence-corrected chi connectivity index (χ1v) is 7.28. The molecule has 1 atom stereocenters. The molecule has 1 heterocycles. The summed E-state index contributed by atoms with van der Waals surface area (Å²) >= 11 is 0. The largest absolute Gasteiger partial charge is 0.370 e. The van der Waals surface area contributed by atoms with E-state index in [9.17, 15) is 4.79 Å². The highest BCUT2D eigenvalue weighted by Crippen LogP contribution is 2.27. The highest BCUT2D eigenvalue weighted by atomic mass is 16.1. The molecule has 0 radical (unpaired) electrons. The van der Waals surface area contributed by atoms with Crippen molar-refractivity contribution in [2.45, 2.75) is 51.1 Å². The van der Waals surface area contributed by atoms with Crippen LogP contribution < -0.4 is 11.1 Å². The predicted molar refractivity (Wildman–Crippen MR) is 76.4 cm³/mol. The molecule has 3 N–H and O–H groups in total. The van der Waals surface area contributed by atoms with Gasteiger partial charge in [-0.15, -0.1) is 0 Å². The zero-order chi connectivity index (χ0) is 13.7. The molecule has 0 aromatic carbocycles. The van der Waals surface area contributed by atoms with E-state index >= 15 is 0 Å². The molecule has 1 aliphatic carbocycles. The molecule has 0 saturated heterocycles. The number of carbonyl (C=O) groups excluding carboxylic acids is 1. The molecule has 2 rings (SSSR count). The fraction of sp³-hybridized carbons (Fsp3) is 0.667. The van der Waals surface area contributed by atoms with Gasteiger partial charge in [0.2, 0.25) is 5.91 Å². The normalized spacial score (nSPS) is 18.4. The summed E-state index contributed by atoms with van der Waals surface area (Å²) in [6, 6.07) is 4.38. The molecule has 1 amide bonds. The molecule has 4 heteroatoms. The minimum absolute atomic E-state index is 0.199. The molecule has 0 bridgehead atoms. The van der Waals surface area contributed by atoms with Crippen LogP contribution in [-0.2, 0) is 18.4 Å². The summed E-state index contributed by atoms with van der Waals surface area (Å²) in [6.45, 7) is 0.804. The van der Waals surface area contributed by atoms with Crippen LogP contribution in [0.3, 0.4) is 0 Å². The quantitative estimate of drug-likeness (QED) is 0.824. The van der Waals surface area contributed by atoms with Crippen LogP contribution in [0.5, 0.6) is 0 Å². The Morgan fingerprint density at radius 2 is 2.21 bits per heavy atom. The fourth-order valence-corrected chi connectivity index (χ4v) is 3.07. The molecule has 1 saturated carbocycles. The lowest BCUT2D eigenvalue weighted by Gasteiger charge is -2.30. The molecule has 1 aliphatic rings. The molecule has 106 valence electrons. The highest BCUT2D eigenvalue weighted by Gasteiger charge is 2.24. The molecule has 4 nitrogen and oxygen atoms in total. The molecule has 1 aromatic rings. The van der Waals surface area contributed by atoms with Gasteiger partial charge in [-0.2, -0.15) is 0 Å². The van der Waals surface area contributed by atoms with Gasteiger partial charge in [-0.3, -0.25) is 4.79 Å². The number of primary amides is 1. The summed E-state index contributed by atoms with van der Waals surface area (Å²) in [5, 5.41) is 3.54. The number of aromatic nitrogens is 1. The minimum Gasteiger partial charge on any atom is -0.370 e. The second-order valence-corrected chi connectivity index (χ2v) is 5.67. The van der Waals surface area contributed by atoms with Crippen molar-refractivity contribution in [3.8, 4) is 0 Å². The van der Waals surface area contributed by atoms with Gasteiger partial charge in [-0.25, -0.2) is 0 Å². The number of nitrogens with two attached hydrogens (primary N) is 1. The van der Waals surface area contributed by atoms with Gasteiger partial charge in [0.25, 0.3) is 0 Å². The smallest absolute Gasteiger partial charge is 0.218 e. The maximum absolute atomic E-state index is 11.3. The first-order valence-electron chi connectivity index (χ1n) is 7.28. The second-order valence-electron chi connectivity index (χ2n) is 5.67. The van der Waals surface area contributed by atoms with Gasteiger partial charge in [0.15, 0.2) is 0 Å². The van der Waals surface area contributed by atoms with Crippen LogP contribution in [0.4, 0.5) is 0 Å². The molecular formula is C15H25N3O. The molecule has 1 aromatic heterocycles. The zero-order valence-electron chi connectivity index (χ0n) is 11.8. The Morgan fingerprint density at radius 1 is 1.47 bits per heavy atom. The SMILES string of the molecule is Cn1cccc1CN[C@@H](CC(N)=O)C1CCCCC1. The standard InChI is InChI=1S/C15H25N3O/c1-18-9-5-8-13(18)11-17-14(10-15(16)19)12-6-3-2-4-7-12/h5,8-9,12,14,17H,2-4,6-7,10-11H2,1H3,(H2,16,19)/t14-/m0/s1. The van der Waals surface area contributed by atoms with Crippen LogP contribution in [0.2, 0.25) is 0 Å². The van der Waals surface area contributed by atoms with E-state index in [1.807, 2.05) is 19.3 Å². The molecule has 19 heavy (non-hydrogen) atoms. The third-order valence-corrected chi connectivity index (χ3v) is 4.24. The summed E-state index contributed by atoms with van der Waals surface area (Å²) in [5.41, 5.74) is 6.64. The number of hydrogen-bond acceptors (Lipinski definition) is 2. The zero-order valence-corrected chi connectivity index (χ0v) is 11.8. The van der Waals surface area contributed by atoms with Crippen LogP contribution in [0, 0.1) is 5.92 Å². The Balaban J connectivity index is 1.93. The van der Waals surface area contributed by atoms with E-state index in [1.54, 1.807) is 0 Å². The van der Waals surface area contributed by atoms with Crippen molar-refractivity contribution in [1.82, 2.24) is 9.88 Å². The number of nitrogens with zero attached hydrogens (tertiary/aromatic N) is 1. The first-order chi connectivity index (χ1) is 9.16. The average molecular weight is 263 g/mol. The van der Waals surface area contributed by atoms with Gasteiger partial charge in [0, 0.05) is 37.9 Å². The highest BCUT2D eigenvalue weighted by molar-refractivity contribution is 5.74. The van der Waals surface area contributed by atoms with Crippen LogP contribution >= 0.6 is 0 Å². The van der Waals surface area contributed by atoms with Crippen molar-refractivity contribution in [3.05, 3.63) is 24.0 Å². The molecule has 1 fully saturated rings. The molecule has 0 spiro atoms. The summed E-state index contributed by atoms with van der Waals surface area (Å²) in [6.07, 6.45) is 8.83. The van der Waals surface area contributed by atoms with Crippen molar-refractivity contribution < 1.29 is 4.79 Å². The summed E-state index contributed by atoms with van der Waals surface area (Å²) in [5.74, 6) is 0.400. The van der Waals surface area contributed by atoms with Crippen LogP contribution in [0.15, 0.2) is 18.3 Å². The van der Waals surface area contributed by atoms with Crippen LogP contribution in [0.25, 0.3) is 0 Å². The summed E-state index contributed by atoms with van der Waals surface area (Å²) in [4.78, 5) is 11.3. The average Bonchev–Trinajstić information content (AvgIpc) is 2.81. The van der Waals surface area contributed by atoms with Crippen molar-refractivity contribution in [2.75, 3.05) is 0 Å². The van der Waals surface area contributed by atoms with Gasteiger partial charge in [0.1, 0.15) is 0 Å². The topological polar surface area (TPSA) is 60.1 Å². The lowest BCUT2D eigenvalue weighted by molar-refractivity contribution is -0.118. The number of aryl methyl sites for hydroxylation is 1. The minimum atomic E-state index is -0.199. The summed E-state index contributed by atoms with van der Waals surface area (Å²) in [7, 11) is 2.04. The third-order valence-electron chi connectivity index (χ3n) is 4.24. The van der Waals surface area contributed by atoms with E-state index in [1.165, 1.54) is 37.8 Å². The van der Waals surface area contributed by atoms with E-state index in [2.05, 4.69) is 16.0 Å². The monoisotopic (exact) mass is 263 g/mol. The number of carbonyl (C=O) groups is 1. The maximum Gasteiger partial charge on any atom is 0.218 e. The van der Waals surface area contributed by atoms with Crippen molar-refractivity contribution in [2.24, 2.45) is 18.7 Å². The number of nitrogens with one attached hydrogen (secondary N) is 1. The Labute approximate surface area is 115 Å². The lowest BCUT2D eigenvalue weighted by atomic mass is 9.82.